The minimum absolute atomic E-state index is 0.131. The molecule has 190 valence electrons. The number of primary amides is 1. The normalized spacial score (nSPS) is 15.3. The van der Waals surface area contributed by atoms with Gasteiger partial charge in [0, 0.05) is 17.1 Å². The molecule has 13 nitrogen and oxygen atoms in total. The molecular formula is C22H30N6O7. The molecule has 0 aliphatic carbocycles. The highest BCUT2D eigenvalue weighted by molar-refractivity contribution is 5.96. The van der Waals surface area contributed by atoms with Crippen molar-refractivity contribution in [2.45, 2.75) is 57.0 Å². The lowest BCUT2D eigenvalue weighted by molar-refractivity contribution is -0.142. The lowest BCUT2D eigenvalue weighted by atomic mass is 10.0. The first-order valence-corrected chi connectivity index (χ1v) is 10.8. The Bertz CT molecular complexity index is 1100. The summed E-state index contributed by atoms with van der Waals surface area (Å²) >= 11 is 0. The van der Waals surface area contributed by atoms with Crippen LogP contribution in [0.5, 0.6) is 0 Å². The van der Waals surface area contributed by atoms with Gasteiger partial charge in [-0.25, -0.2) is 0 Å². The van der Waals surface area contributed by atoms with Crippen LogP contribution in [-0.4, -0.2) is 75.1 Å². The highest BCUT2D eigenvalue weighted by Crippen LogP contribution is 2.18. The summed E-state index contributed by atoms with van der Waals surface area (Å²) in [4.78, 5) is 63.4. The number of amides is 4. The molecule has 4 amide bonds. The zero-order valence-corrected chi connectivity index (χ0v) is 19.3. The lowest BCUT2D eigenvalue weighted by Gasteiger charge is -2.25. The van der Waals surface area contributed by atoms with Crippen molar-refractivity contribution in [1.82, 2.24) is 20.9 Å². The number of aliphatic hydroxyl groups is 1. The minimum atomic E-state index is -1.56. The number of benzene rings is 1. The van der Waals surface area contributed by atoms with Gasteiger partial charge in [0.25, 0.3) is 0 Å². The number of H-pyrrole nitrogens is 1. The summed E-state index contributed by atoms with van der Waals surface area (Å²) in [5.41, 5.74) is 12.9. The Morgan fingerprint density at radius 3 is 2.26 bits per heavy atom. The number of nitrogens with one attached hydrogen (secondary N) is 4. The summed E-state index contributed by atoms with van der Waals surface area (Å²) in [6.45, 7) is 2.40. The number of fused-ring (bicyclic) bond motifs is 1. The number of carboxylic acid groups (broad SMARTS) is 1. The van der Waals surface area contributed by atoms with E-state index < -0.39 is 66.3 Å². The second kappa shape index (κ2) is 11.9. The summed E-state index contributed by atoms with van der Waals surface area (Å²) in [5, 5.41) is 26.4. The number of aromatic nitrogens is 1. The molecule has 35 heavy (non-hydrogen) atoms. The van der Waals surface area contributed by atoms with Crippen LogP contribution in [0, 0.1) is 0 Å². The van der Waals surface area contributed by atoms with E-state index in [9.17, 15) is 29.1 Å². The van der Waals surface area contributed by atoms with Crippen molar-refractivity contribution in [1.29, 1.82) is 0 Å². The van der Waals surface area contributed by atoms with E-state index in [1.165, 1.54) is 13.8 Å². The van der Waals surface area contributed by atoms with Crippen molar-refractivity contribution < 1.29 is 34.2 Å². The van der Waals surface area contributed by atoms with E-state index in [0.29, 0.717) is 0 Å². The Kier molecular flexibility index (Phi) is 9.31. The number of aliphatic hydroxyl groups excluding tert-OH is 1. The molecule has 1 aromatic heterocycles. The number of para-hydroxylation sites is 1. The van der Waals surface area contributed by atoms with Crippen molar-refractivity contribution >= 4 is 40.5 Å². The standard InChI is InChI=1S/C22H30N6O7/c1-10(22(34)35)26-21(33)18(11(2)29)28-20(32)16(8-17(24)30)27-19(31)14(23)7-12-9-25-15-6-4-3-5-13(12)15/h3-6,9-11,14,16,18,25,29H,7-8,23H2,1-2H3,(H2,24,30)(H,26,33)(H,27,31)(H,28,32)(H,34,35). The maximum Gasteiger partial charge on any atom is 0.325 e. The Labute approximate surface area is 200 Å². The Hall–Kier alpha value is -3.97. The van der Waals surface area contributed by atoms with E-state index in [-0.39, 0.29) is 6.42 Å². The molecule has 0 saturated carbocycles. The number of nitrogens with two attached hydrogens (primary N) is 2. The molecule has 1 aromatic carbocycles. The number of hydrogen-bond donors (Lipinski definition) is 8. The summed E-state index contributed by atoms with van der Waals surface area (Å²) in [6, 6.07) is 2.01. The van der Waals surface area contributed by atoms with Gasteiger partial charge in [0.15, 0.2) is 0 Å². The fraction of sp³-hybridized carbons (Fsp3) is 0.409. The fourth-order valence-electron chi connectivity index (χ4n) is 3.34. The molecule has 13 heteroatoms. The van der Waals surface area contributed by atoms with E-state index in [0.717, 1.165) is 16.5 Å². The zero-order valence-electron chi connectivity index (χ0n) is 19.3. The van der Waals surface area contributed by atoms with Crippen LogP contribution >= 0.6 is 0 Å². The predicted molar refractivity (Wildman–Crippen MR) is 125 cm³/mol. The zero-order chi connectivity index (χ0) is 26.3. The van der Waals surface area contributed by atoms with Gasteiger partial charge in [-0.2, -0.15) is 0 Å². The third kappa shape index (κ3) is 7.52. The molecule has 2 rings (SSSR count). The third-order valence-corrected chi connectivity index (χ3v) is 5.28. The number of hydrogen-bond acceptors (Lipinski definition) is 7. The first-order chi connectivity index (χ1) is 16.4. The second-order valence-corrected chi connectivity index (χ2v) is 8.20. The van der Waals surface area contributed by atoms with Gasteiger partial charge in [0.1, 0.15) is 18.1 Å². The van der Waals surface area contributed by atoms with Crippen molar-refractivity contribution in [3.63, 3.8) is 0 Å². The van der Waals surface area contributed by atoms with Crippen LogP contribution in [0.15, 0.2) is 30.5 Å². The quantitative estimate of drug-likeness (QED) is 0.163. The van der Waals surface area contributed by atoms with E-state index in [1.54, 1.807) is 6.20 Å². The van der Waals surface area contributed by atoms with Crippen LogP contribution < -0.4 is 27.4 Å². The van der Waals surface area contributed by atoms with Crippen LogP contribution in [0.3, 0.4) is 0 Å². The van der Waals surface area contributed by atoms with E-state index in [4.69, 9.17) is 16.6 Å². The molecule has 0 radical (unpaired) electrons. The molecule has 5 unspecified atom stereocenters. The average molecular weight is 491 g/mol. The number of carbonyl (C=O) groups excluding carboxylic acids is 4. The number of aromatic amines is 1. The number of rotatable bonds is 12. The van der Waals surface area contributed by atoms with E-state index in [1.807, 2.05) is 24.3 Å². The maximum atomic E-state index is 12.8. The van der Waals surface area contributed by atoms with Crippen LogP contribution in [0.4, 0.5) is 0 Å². The summed E-state index contributed by atoms with van der Waals surface area (Å²) in [5.74, 6) is -4.93. The number of aliphatic carboxylic acids is 1. The van der Waals surface area contributed by atoms with Gasteiger partial charge in [-0.15, -0.1) is 0 Å². The molecule has 5 atom stereocenters. The predicted octanol–water partition coefficient (Wildman–Crippen LogP) is -2.15. The maximum absolute atomic E-state index is 12.8. The van der Waals surface area contributed by atoms with Crippen LogP contribution in [0.2, 0.25) is 0 Å². The van der Waals surface area contributed by atoms with Crippen LogP contribution in [-0.2, 0) is 30.4 Å². The molecule has 0 spiro atoms. The van der Waals surface area contributed by atoms with Crippen molar-refractivity contribution in [3.8, 4) is 0 Å². The molecular weight excluding hydrogens is 460 g/mol. The Morgan fingerprint density at radius 2 is 1.66 bits per heavy atom. The molecule has 1 heterocycles. The lowest BCUT2D eigenvalue weighted by Crippen LogP contribution is -2.60. The first kappa shape index (κ1) is 27.3. The monoisotopic (exact) mass is 490 g/mol. The van der Waals surface area contributed by atoms with E-state index >= 15 is 0 Å². The minimum Gasteiger partial charge on any atom is -0.480 e. The van der Waals surface area contributed by atoms with Crippen LogP contribution in [0.25, 0.3) is 10.9 Å². The average Bonchev–Trinajstić information content (AvgIpc) is 3.18. The largest absolute Gasteiger partial charge is 0.480 e. The molecule has 0 saturated heterocycles. The first-order valence-electron chi connectivity index (χ1n) is 10.8. The molecule has 2 aromatic rings. The van der Waals surface area contributed by atoms with Gasteiger partial charge in [-0.1, -0.05) is 18.2 Å². The Balaban J connectivity index is 2.10. The SMILES string of the molecule is CC(NC(=O)C(NC(=O)C(CC(N)=O)NC(=O)C(N)Cc1c[nH]c2ccccc12)C(C)O)C(=O)O. The van der Waals surface area contributed by atoms with Gasteiger partial charge in [0.05, 0.1) is 18.6 Å². The van der Waals surface area contributed by atoms with E-state index in [2.05, 4.69) is 20.9 Å². The summed E-state index contributed by atoms with van der Waals surface area (Å²) in [7, 11) is 0. The third-order valence-electron chi connectivity index (χ3n) is 5.28. The molecule has 0 fully saturated rings. The van der Waals surface area contributed by atoms with Gasteiger partial charge < -0.3 is 42.6 Å². The highest BCUT2D eigenvalue weighted by atomic mass is 16.4. The van der Waals surface area contributed by atoms with Gasteiger partial charge in [-0.05, 0) is 31.9 Å². The smallest absolute Gasteiger partial charge is 0.325 e. The summed E-state index contributed by atoms with van der Waals surface area (Å²) in [6.07, 6.45) is -0.173. The topological polar surface area (TPSA) is 230 Å². The van der Waals surface area contributed by atoms with Crippen LogP contribution in [0.1, 0.15) is 25.8 Å². The molecule has 0 bridgehead atoms. The number of carboxylic acids is 1. The van der Waals surface area contributed by atoms with Gasteiger partial charge >= 0.3 is 5.97 Å². The molecule has 0 aliphatic rings. The Morgan fingerprint density at radius 1 is 1.00 bits per heavy atom. The summed E-state index contributed by atoms with van der Waals surface area (Å²) < 4.78 is 0. The van der Waals surface area contributed by atoms with Crippen molar-refractivity contribution in [3.05, 3.63) is 36.0 Å². The number of carbonyl (C=O) groups is 5. The van der Waals surface area contributed by atoms with Gasteiger partial charge in [-0.3, -0.25) is 24.0 Å². The molecule has 0 aliphatic heterocycles. The highest BCUT2D eigenvalue weighted by Gasteiger charge is 2.32. The van der Waals surface area contributed by atoms with Gasteiger partial charge in [0.2, 0.25) is 23.6 Å². The fourth-order valence-corrected chi connectivity index (χ4v) is 3.34. The second-order valence-electron chi connectivity index (χ2n) is 8.20. The van der Waals surface area contributed by atoms with Crippen molar-refractivity contribution in [2.75, 3.05) is 0 Å². The molecule has 10 N–H and O–H groups in total. The van der Waals surface area contributed by atoms with Crippen molar-refractivity contribution in [2.24, 2.45) is 11.5 Å².